The maximum atomic E-state index is 10.6. The Kier molecular flexibility index (Phi) is 3.00. The molecule has 0 radical (unpaired) electrons. The average molecular weight is 223 g/mol. The Morgan fingerprint density at radius 1 is 1.69 bits per heavy atom. The first kappa shape index (κ1) is 10.8. The third kappa shape index (κ3) is 2.27. The highest BCUT2D eigenvalue weighted by Gasteiger charge is 2.15. The van der Waals surface area contributed by atoms with Crippen LogP contribution in [-0.4, -0.2) is 41.2 Å². The number of ether oxygens (including phenoxy) is 1. The molecule has 0 aromatic carbocycles. The van der Waals surface area contributed by atoms with Crippen LogP contribution in [0.1, 0.15) is 11.3 Å². The summed E-state index contributed by atoms with van der Waals surface area (Å²) in [5, 5.41) is 8.67. The van der Waals surface area contributed by atoms with E-state index in [1.165, 1.54) is 4.90 Å². The molecular weight excluding hydrogens is 210 g/mol. The molecule has 0 unspecified atom stereocenters. The van der Waals surface area contributed by atoms with Crippen molar-refractivity contribution in [1.29, 1.82) is 0 Å². The van der Waals surface area contributed by atoms with Crippen LogP contribution in [-0.2, 0) is 22.6 Å². The van der Waals surface area contributed by atoms with E-state index in [2.05, 4.69) is 9.97 Å². The normalized spacial score (nSPS) is 14.3. The molecule has 1 aromatic rings. The average Bonchev–Trinajstić information content (AvgIpc) is 2.27. The summed E-state index contributed by atoms with van der Waals surface area (Å²) < 4.78 is 5.27. The lowest BCUT2D eigenvalue weighted by molar-refractivity contribution is -0.135. The number of nitrogens with zero attached hydrogens (tertiary/aromatic N) is 3. The largest absolute Gasteiger partial charge is 0.480 e. The zero-order valence-corrected chi connectivity index (χ0v) is 9.01. The fourth-order valence-electron chi connectivity index (χ4n) is 1.58. The van der Waals surface area contributed by atoms with Gasteiger partial charge < -0.3 is 14.7 Å². The minimum absolute atomic E-state index is 0.102. The molecule has 16 heavy (non-hydrogen) atoms. The molecule has 0 saturated heterocycles. The van der Waals surface area contributed by atoms with Crippen molar-refractivity contribution in [3.63, 3.8) is 0 Å². The van der Waals surface area contributed by atoms with E-state index in [0.29, 0.717) is 19.2 Å². The van der Waals surface area contributed by atoms with Gasteiger partial charge in [0.1, 0.15) is 6.54 Å². The molecule has 0 saturated carbocycles. The van der Waals surface area contributed by atoms with Crippen LogP contribution in [0.5, 0.6) is 0 Å². The number of anilines is 1. The van der Waals surface area contributed by atoms with Crippen LogP contribution in [0.3, 0.4) is 0 Å². The van der Waals surface area contributed by atoms with Crippen LogP contribution < -0.4 is 4.90 Å². The molecule has 0 atom stereocenters. The molecule has 0 spiro atoms. The molecule has 1 aliphatic heterocycles. The van der Waals surface area contributed by atoms with Gasteiger partial charge in [-0.2, -0.15) is 0 Å². The molecule has 2 rings (SSSR count). The molecule has 0 bridgehead atoms. The van der Waals surface area contributed by atoms with Crippen molar-refractivity contribution >= 4 is 11.9 Å². The van der Waals surface area contributed by atoms with Gasteiger partial charge in [0.15, 0.2) is 0 Å². The van der Waals surface area contributed by atoms with E-state index in [1.807, 2.05) is 0 Å². The maximum Gasteiger partial charge on any atom is 0.323 e. The predicted octanol–water partition coefficient (Wildman–Crippen LogP) is 0.0701. The molecule has 6 nitrogen and oxygen atoms in total. The SMILES string of the molecule is CN(CC(=O)O)c1ncc2c(n1)CCOC2. The summed E-state index contributed by atoms with van der Waals surface area (Å²) in [4.78, 5) is 20.5. The van der Waals surface area contributed by atoms with E-state index in [0.717, 1.165) is 17.7 Å². The first-order valence-electron chi connectivity index (χ1n) is 5.02. The molecule has 0 amide bonds. The van der Waals surface area contributed by atoms with Gasteiger partial charge in [0, 0.05) is 25.2 Å². The van der Waals surface area contributed by atoms with Crippen molar-refractivity contribution in [3.8, 4) is 0 Å². The zero-order chi connectivity index (χ0) is 11.5. The standard InChI is InChI=1S/C10H13N3O3/c1-13(5-9(14)15)10-11-4-7-6-16-3-2-8(7)12-10/h4H,2-3,5-6H2,1H3,(H,14,15). The lowest BCUT2D eigenvalue weighted by atomic mass is 10.1. The molecule has 1 aromatic heterocycles. The summed E-state index contributed by atoms with van der Waals surface area (Å²) in [7, 11) is 1.66. The van der Waals surface area contributed by atoms with Gasteiger partial charge in [-0.05, 0) is 0 Å². The Morgan fingerprint density at radius 3 is 3.25 bits per heavy atom. The summed E-state index contributed by atoms with van der Waals surface area (Å²) in [6.07, 6.45) is 2.46. The third-order valence-corrected chi connectivity index (χ3v) is 2.40. The Hall–Kier alpha value is -1.69. The fourth-order valence-corrected chi connectivity index (χ4v) is 1.58. The van der Waals surface area contributed by atoms with Crippen molar-refractivity contribution in [2.75, 3.05) is 25.1 Å². The van der Waals surface area contributed by atoms with Crippen molar-refractivity contribution in [3.05, 3.63) is 17.5 Å². The Labute approximate surface area is 92.9 Å². The highest BCUT2D eigenvalue weighted by Crippen LogP contribution is 2.16. The number of fused-ring (bicyclic) bond motifs is 1. The smallest absolute Gasteiger partial charge is 0.323 e. The molecule has 1 N–H and O–H groups in total. The number of hydrogen-bond donors (Lipinski definition) is 1. The molecule has 86 valence electrons. The summed E-state index contributed by atoms with van der Waals surface area (Å²) in [6, 6.07) is 0. The summed E-state index contributed by atoms with van der Waals surface area (Å²) in [5.74, 6) is -0.449. The number of carboxylic acids is 1. The number of carboxylic acid groups (broad SMARTS) is 1. The summed E-state index contributed by atoms with van der Waals surface area (Å²) in [6.45, 7) is 1.10. The zero-order valence-electron chi connectivity index (χ0n) is 9.01. The second-order valence-electron chi connectivity index (χ2n) is 3.69. The van der Waals surface area contributed by atoms with Gasteiger partial charge in [0.25, 0.3) is 0 Å². The quantitative estimate of drug-likeness (QED) is 0.781. The molecular formula is C10H13N3O3. The topological polar surface area (TPSA) is 75.6 Å². The Bertz CT molecular complexity index is 408. The number of aliphatic carboxylic acids is 1. The maximum absolute atomic E-state index is 10.6. The van der Waals surface area contributed by atoms with E-state index in [9.17, 15) is 4.79 Å². The molecule has 0 fully saturated rings. The first-order chi connectivity index (χ1) is 7.66. The third-order valence-electron chi connectivity index (χ3n) is 2.40. The molecule has 6 heteroatoms. The highest BCUT2D eigenvalue weighted by molar-refractivity contribution is 5.72. The number of aromatic nitrogens is 2. The van der Waals surface area contributed by atoms with Gasteiger partial charge in [-0.3, -0.25) is 4.79 Å². The van der Waals surface area contributed by atoms with Crippen molar-refractivity contribution < 1.29 is 14.6 Å². The molecule has 0 aliphatic carbocycles. The second-order valence-corrected chi connectivity index (χ2v) is 3.69. The number of rotatable bonds is 3. The van der Waals surface area contributed by atoms with Crippen molar-refractivity contribution in [2.45, 2.75) is 13.0 Å². The lowest BCUT2D eigenvalue weighted by Gasteiger charge is -2.19. The number of carbonyl (C=O) groups is 1. The van der Waals surface area contributed by atoms with E-state index >= 15 is 0 Å². The Morgan fingerprint density at radius 2 is 2.50 bits per heavy atom. The first-order valence-corrected chi connectivity index (χ1v) is 5.02. The van der Waals surface area contributed by atoms with Crippen molar-refractivity contribution in [2.24, 2.45) is 0 Å². The van der Waals surface area contributed by atoms with Gasteiger partial charge in [-0.15, -0.1) is 0 Å². The van der Waals surface area contributed by atoms with Gasteiger partial charge >= 0.3 is 5.97 Å². The predicted molar refractivity (Wildman–Crippen MR) is 56.3 cm³/mol. The van der Waals surface area contributed by atoms with Crippen LogP contribution in [0, 0.1) is 0 Å². The van der Waals surface area contributed by atoms with E-state index in [-0.39, 0.29) is 6.54 Å². The fraction of sp³-hybridized carbons (Fsp3) is 0.500. The number of likely N-dealkylation sites (N-methyl/N-ethyl adjacent to an activating group) is 1. The van der Waals surface area contributed by atoms with Crippen LogP contribution in [0.25, 0.3) is 0 Å². The van der Waals surface area contributed by atoms with Gasteiger partial charge in [-0.1, -0.05) is 0 Å². The van der Waals surface area contributed by atoms with Crippen LogP contribution in [0.4, 0.5) is 5.95 Å². The monoisotopic (exact) mass is 223 g/mol. The van der Waals surface area contributed by atoms with Gasteiger partial charge in [0.05, 0.1) is 18.9 Å². The van der Waals surface area contributed by atoms with E-state index in [1.54, 1.807) is 13.2 Å². The number of hydrogen-bond acceptors (Lipinski definition) is 5. The van der Waals surface area contributed by atoms with Crippen molar-refractivity contribution in [1.82, 2.24) is 9.97 Å². The van der Waals surface area contributed by atoms with Crippen LogP contribution in [0.15, 0.2) is 6.20 Å². The van der Waals surface area contributed by atoms with E-state index in [4.69, 9.17) is 9.84 Å². The molecule has 1 aliphatic rings. The highest BCUT2D eigenvalue weighted by atomic mass is 16.5. The summed E-state index contributed by atoms with van der Waals surface area (Å²) in [5.41, 5.74) is 1.94. The lowest BCUT2D eigenvalue weighted by Crippen LogP contribution is -2.27. The Balaban J connectivity index is 2.19. The van der Waals surface area contributed by atoms with Gasteiger partial charge in [-0.25, -0.2) is 9.97 Å². The van der Waals surface area contributed by atoms with E-state index < -0.39 is 5.97 Å². The molecule has 2 heterocycles. The minimum Gasteiger partial charge on any atom is -0.480 e. The van der Waals surface area contributed by atoms with Crippen LogP contribution >= 0.6 is 0 Å². The minimum atomic E-state index is -0.896. The summed E-state index contributed by atoms with van der Waals surface area (Å²) >= 11 is 0. The second kappa shape index (κ2) is 4.44. The van der Waals surface area contributed by atoms with Gasteiger partial charge in [0.2, 0.25) is 5.95 Å². The van der Waals surface area contributed by atoms with Crippen LogP contribution in [0.2, 0.25) is 0 Å².